The Morgan fingerprint density at radius 3 is 2.66 bits per heavy atom. The van der Waals surface area contributed by atoms with Crippen LogP contribution in [0, 0.1) is 12.9 Å². The average molecular weight is 468 g/mol. The Kier molecular flexibility index (Phi) is 5.80. The van der Waals surface area contributed by atoms with E-state index < -0.39 is 5.95 Å². The van der Waals surface area contributed by atoms with Gasteiger partial charge >= 0.3 is 0 Å². The number of carbonyl (C=O) groups is 1. The molecule has 5 aromatic rings. The van der Waals surface area contributed by atoms with Crippen LogP contribution in [0.3, 0.4) is 0 Å². The molecule has 8 nitrogen and oxygen atoms in total. The number of nitrogens with zero attached hydrogens (tertiary/aromatic N) is 3. The zero-order valence-electron chi connectivity index (χ0n) is 19.0. The number of amides is 1. The van der Waals surface area contributed by atoms with E-state index >= 15 is 0 Å². The van der Waals surface area contributed by atoms with Gasteiger partial charge in [0, 0.05) is 42.8 Å². The minimum Gasteiger partial charge on any atom is -0.457 e. The number of aryl methyl sites for hydroxylation is 1. The fraction of sp³-hybridized carbons (Fsp3) is 0.0769. The molecule has 3 aromatic heterocycles. The topological polar surface area (TPSA) is 105 Å². The summed E-state index contributed by atoms with van der Waals surface area (Å²) >= 11 is 0. The number of nitrogens with one attached hydrogen (secondary N) is 3. The molecule has 0 fully saturated rings. The molecule has 5 rings (SSSR count). The zero-order valence-corrected chi connectivity index (χ0v) is 19.0. The highest BCUT2D eigenvalue weighted by Crippen LogP contribution is 2.30. The third kappa shape index (κ3) is 4.65. The first-order valence-corrected chi connectivity index (χ1v) is 10.8. The minimum atomic E-state index is -0.513. The number of anilines is 2. The normalized spacial score (nSPS) is 10.8. The molecule has 35 heavy (non-hydrogen) atoms. The molecule has 1 amide bonds. The molecule has 0 radical (unpaired) electrons. The lowest BCUT2D eigenvalue weighted by atomic mass is 10.0. The van der Waals surface area contributed by atoms with Crippen LogP contribution < -0.4 is 15.4 Å². The van der Waals surface area contributed by atoms with Gasteiger partial charge in [-0.3, -0.25) is 9.78 Å². The molecule has 9 heteroatoms. The van der Waals surface area contributed by atoms with Gasteiger partial charge < -0.3 is 20.4 Å². The van der Waals surface area contributed by atoms with E-state index in [1.54, 1.807) is 37.4 Å². The molecule has 0 saturated heterocycles. The van der Waals surface area contributed by atoms with Crippen molar-refractivity contribution in [3.05, 3.63) is 90.3 Å². The molecule has 0 aliphatic heterocycles. The Morgan fingerprint density at radius 2 is 1.83 bits per heavy atom. The van der Waals surface area contributed by atoms with Crippen molar-refractivity contribution in [2.45, 2.75) is 6.92 Å². The summed E-state index contributed by atoms with van der Waals surface area (Å²) in [5.41, 5.74) is 4.65. The quantitative estimate of drug-likeness (QED) is 0.290. The van der Waals surface area contributed by atoms with Gasteiger partial charge in [-0.05, 0) is 60.5 Å². The monoisotopic (exact) mass is 468 g/mol. The zero-order chi connectivity index (χ0) is 24.4. The van der Waals surface area contributed by atoms with Crippen LogP contribution in [0.1, 0.15) is 16.1 Å². The number of fused-ring (bicyclic) bond motifs is 1. The van der Waals surface area contributed by atoms with E-state index in [4.69, 9.17) is 4.74 Å². The number of hydrogen-bond donors (Lipinski definition) is 3. The first-order chi connectivity index (χ1) is 17.0. The number of ether oxygens (including phenoxy) is 1. The van der Waals surface area contributed by atoms with Gasteiger partial charge in [0.1, 0.15) is 17.2 Å². The van der Waals surface area contributed by atoms with Gasteiger partial charge in [0.15, 0.2) is 0 Å². The molecule has 0 saturated carbocycles. The van der Waals surface area contributed by atoms with E-state index in [9.17, 15) is 9.18 Å². The third-order valence-electron chi connectivity index (χ3n) is 5.43. The molecule has 0 bridgehead atoms. The fourth-order valence-corrected chi connectivity index (χ4v) is 3.69. The average Bonchev–Trinajstić information content (AvgIpc) is 3.27. The lowest BCUT2D eigenvalue weighted by Gasteiger charge is -2.10. The summed E-state index contributed by atoms with van der Waals surface area (Å²) in [4.78, 5) is 27.4. The number of rotatable bonds is 6. The molecular weight excluding hydrogens is 447 g/mol. The molecule has 0 aliphatic carbocycles. The van der Waals surface area contributed by atoms with Crippen molar-refractivity contribution in [2.75, 3.05) is 12.4 Å². The summed E-state index contributed by atoms with van der Waals surface area (Å²) in [5, 5.41) is 5.78. The van der Waals surface area contributed by atoms with E-state index in [0.29, 0.717) is 23.0 Å². The molecular formula is C26H21FN6O2. The standard InChI is InChI=1S/C26H21FN6O2/c1-15-5-6-16(12-20(15)19-4-3-10-30-24(19)27)31-26-32-21-8-7-17(13-22(21)33-26)35-18-9-11-29-23(14-18)25(34)28-2/h3-14H,1-2H3,(H,28,34)(H2,31,32,33). The van der Waals surface area contributed by atoms with Crippen LogP contribution in [0.4, 0.5) is 16.0 Å². The summed E-state index contributed by atoms with van der Waals surface area (Å²) in [6, 6.07) is 17.8. The number of aromatic amines is 1. The smallest absolute Gasteiger partial charge is 0.269 e. The predicted octanol–water partition coefficient (Wildman–Crippen LogP) is 5.36. The van der Waals surface area contributed by atoms with E-state index in [1.807, 2.05) is 37.3 Å². The van der Waals surface area contributed by atoms with Gasteiger partial charge in [0.05, 0.1) is 11.0 Å². The van der Waals surface area contributed by atoms with Crippen molar-refractivity contribution in [1.29, 1.82) is 0 Å². The summed E-state index contributed by atoms with van der Waals surface area (Å²) in [5.74, 6) is 0.794. The molecule has 0 unspecified atom stereocenters. The Labute approximate surface area is 200 Å². The number of H-pyrrole nitrogens is 1. The summed E-state index contributed by atoms with van der Waals surface area (Å²) < 4.78 is 20.2. The van der Waals surface area contributed by atoms with Crippen molar-refractivity contribution in [1.82, 2.24) is 25.3 Å². The van der Waals surface area contributed by atoms with Gasteiger partial charge in [-0.2, -0.15) is 4.39 Å². The summed E-state index contributed by atoms with van der Waals surface area (Å²) in [6.07, 6.45) is 2.95. The first-order valence-electron chi connectivity index (χ1n) is 10.8. The Morgan fingerprint density at radius 1 is 0.971 bits per heavy atom. The van der Waals surface area contributed by atoms with Crippen LogP contribution >= 0.6 is 0 Å². The van der Waals surface area contributed by atoms with Crippen molar-refractivity contribution >= 4 is 28.6 Å². The van der Waals surface area contributed by atoms with E-state index in [0.717, 1.165) is 27.8 Å². The Balaban J connectivity index is 1.38. The maximum atomic E-state index is 14.2. The van der Waals surface area contributed by atoms with Gasteiger partial charge in [0.2, 0.25) is 11.9 Å². The van der Waals surface area contributed by atoms with Crippen molar-refractivity contribution < 1.29 is 13.9 Å². The number of pyridine rings is 2. The fourth-order valence-electron chi connectivity index (χ4n) is 3.69. The Bertz CT molecular complexity index is 1550. The number of halogens is 1. The van der Waals surface area contributed by atoms with Crippen LogP contribution in [0.25, 0.3) is 22.2 Å². The molecule has 3 heterocycles. The van der Waals surface area contributed by atoms with Gasteiger partial charge in [-0.25, -0.2) is 9.97 Å². The van der Waals surface area contributed by atoms with Crippen molar-refractivity contribution in [2.24, 2.45) is 0 Å². The first kappa shape index (κ1) is 22.0. The predicted molar refractivity (Wildman–Crippen MR) is 131 cm³/mol. The lowest BCUT2D eigenvalue weighted by Crippen LogP contribution is -2.18. The number of hydrogen-bond acceptors (Lipinski definition) is 6. The minimum absolute atomic E-state index is 0.266. The second kappa shape index (κ2) is 9.22. The van der Waals surface area contributed by atoms with Crippen LogP contribution in [0.5, 0.6) is 11.5 Å². The van der Waals surface area contributed by atoms with E-state index in [1.165, 1.54) is 12.4 Å². The van der Waals surface area contributed by atoms with Crippen LogP contribution in [0.15, 0.2) is 73.1 Å². The van der Waals surface area contributed by atoms with Gasteiger partial charge in [0.25, 0.3) is 5.91 Å². The second-order valence-electron chi connectivity index (χ2n) is 7.82. The maximum absolute atomic E-state index is 14.2. The van der Waals surface area contributed by atoms with Crippen LogP contribution in [-0.2, 0) is 0 Å². The van der Waals surface area contributed by atoms with E-state index in [2.05, 4.69) is 30.6 Å². The highest BCUT2D eigenvalue weighted by atomic mass is 19.1. The van der Waals surface area contributed by atoms with Crippen LogP contribution in [0.2, 0.25) is 0 Å². The molecule has 3 N–H and O–H groups in total. The SMILES string of the molecule is CNC(=O)c1cc(Oc2ccc3nc(Nc4ccc(C)c(-c5cccnc5F)c4)[nH]c3c2)ccn1. The van der Waals surface area contributed by atoms with Crippen molar-refractivity contribution in [3.8, 4) is 22.6 Å². The number of aromatic nitrogens is 4. The third-order valence-corrected chi connectivity index (χ3v) is 5.43. The van der Waals surface area contributed by atoms with Gasteiger partial charge in [-0.15, -0.1) is 0 Å². The summed E-state index contributed by atoms with van der Waals surface area (Å²) in [7, 11) is 1.55. The number of carbonyl (C=O) groups excluding carboxylic acids is 1. The van der Waals surface area contributed by atoms with Gasteiger partial charge in [-0.1, -0.05) is 6.07 Å². The number of benzene rings is 2. The molecule has 0 atom stereocenters. The molecule has 174 valence electrons. The lowest BCUT2D eigenvalue weighted by molar-refractivity contribution is 0.0958. The largest absolute Gasteiger partial charge is 0.457 e. The highest BCUT2D eigenvalue weighted by molar-refractivity contribution is 5.92. The summed E-state index contributed by atoms with van der Waals surface area (Å²) in [6.45, 7) is 1.93. The second-order valence-corrected chi connectivity index (χ2v) is 7.82. The molecule has 2 aromatic carbocycles. The number of imidazole rings is 1. The van der Waals surface area contributed by atoms with Crippen molar-refractivity contribution in [3.63, 3.8) is 0 Å². The maximum Gasteiger partial charge on any atom is 0.269 e. The van der Waals surface area contributed by atoms with Crippen LogP contribution in [-0.4, -0.2) is 32.9 Å². The highest BCUT2D eigenvalue weighted by Gasteiger charge is 2.11. The Hall–Kier alpha value is -4.79. The van der Waals surface area contributed by atoms with E-state index in [-0.39, 0.29) is 11.6 Å². The molecule has 0 spiro atoms. The molecule has 0 aliphatic rings.